The molecule has 2 nitrogen and oxygen atoms in total. The first-order chi connectivity index (χ1) is 5.74. The van der Waals surface area contributed by atoms with Crippen LogP contribution in [0.5, 0.6) is 0 Å². The van der Waals surface area contributed by atoms with Gasteiger partial charge in [-0.05, 0) is 24.6 Å². The third-order valence-corrected chi connectivity index (χ3v) is 1.68. The number of aliphatic hydroxyl groups is 1. The van der Waals surface area contributed by atoms with Gasteiger partial charge in [-0.2, -0.15) is 0 Å². The molecule has 1 rings (SSSR count). The zero-order valence-electron chi connectivity index (χ0n) is 7.25. The number of rotatable bonds is 3. The third-order valence-electron chi connectivity index (χ3n) is 1.68. The van der Waals surface area contributed by atoms with Gasteiger partial charge in [-0.25, -0.2) is 0 Å². The largest absolute Gasteiger partial charge is 0.396 e. The molecule has 0 saturated carbocycles. The van der Waals surface area contributed by atoms with E-state index in [1.54, 1.807) is 6.20 Å². The zero-order chi connectivity index (χ0) is 8.97. The van der Waals surface area contributed by atoms with Gasteiger partial charge in [-0.3, -0.25) is 4.98 Å². The van der Waals surface area contributed by atoms with E-state index >= 15 is 0 Å². The van der Waals surface area contributed by atoms with Crippen molar-refractivity contribution in [2.45, 2.75) is 13.3 Å². The Balaban J connectivity index is 2.88. The van der Waals surface area contributed by atoms with E-state index in [0.29, 0.717) is 6.42 Å². The average Bonchev–Trinajstić information content (AvgIpc) is 2.05. The number of nitrogens with zero attached hydrogens (tertiary/aromatic N) is 1. The Morgan fingerprint density at radius 1 is 1.67 bits per heavy atom. The highest BCUT2D eigenvalue weighted by Gasteiger charge is 1.96. The average molecular weight is 163 g/mol. The van der Waals surface area contributed by atoms with Crippen LogP contribution in [-0.4, -0.2) is 16.7 Å². The highest BCUT2D eigenvalue weighted by atomic mass is 16.3. The van der Waals surface area contributed by atoms with E-state index < -0.39 is 0 Å². The van der Waals surface area contributed by atoms with Crippen LogP contribution in [0.15, 0.2) is 24.9 Å². The fourth-order valence-electron chi connectivity index (χ4n) is 0.995. The van der Waals surface area contributed by atoms with Crippen LogP contribution < -0.4 is 0 Å². The predicted molar refractivity (Wildman–Crippen MR) is 49.7 cm³/mol. The maximum atomic E-state index is 8.69. The van der Waals surface area contributed by atoms with Crippen molar-refractivity contribution in [2.75, 3.05) is 6.61 Å². The highest BCUT2D eigenvalue weighted by Crippen LogP contribution is 2.11. The predicted octanol–water partition coefficient (Wildman–Crippen LogP) is 1.65. The van der Waals surface area contributed by atoms with E-state index in [-0.39, 0.29) is 6.61 Å². The molecule has 0 unspecified atom stereocenters. The van der Waals surface area contributed by atoms with Crippen molar-refractivity contribution in [1.29, 1.82) is 0 Å². The normalized spacial score (nSPS) is 9.83. The molecular formula is C10H13NO. The topological polar surface area (TPSA) is 33.1 Å². The number of pyridine rings is 1. The second kappa shape index (κ2) is 4.02. The lowest BCUT2D eigenvalue weighted by atomic mass is 10.1. The zero-order valence-corrected chi connectivity index (χ0v) is 7.25. The molecule has 0 aliphatic heterocycles. The van der Waals surface area contributed by atoms with Crippen molar-refractivity contribution >= 4 is 5.57 Å². The van der Waals surface area contributed by atoms with Gasteiger partial charge in [0.2, 0.25) is 0 Å². The Morgan fingerprint density at radius 3 is 3.00 bits per heavy atom. The van der Waals surface area contributed by atoms with Gasteiger partial charge in [0.15, 0.2) is 0 Å². The molecule has 12 heavy (non-hydrogen) atoms. The summed E-state index contributed by atoms with van der Waals surface area (Å²) in [7, 11) is 0. The lowest BCUT2D eigenvalue weighted by molar-refractivity contribution is 0.298. The first-order valence-corrected chi connectivity index (χ1v) is 3.95. The molecule has 0 amide bonds. The van der Waals surface area contributed by atoms with E-state index in [0.717, 1.165) is 16.8 Å². The number of aromatic nitrogens is 1. The Bertz CT molecular complexity index is 281. The third kappa shape index (κ3) is 2.17. The van der Waals surface area contributed by atoms with Crippen molar-refractivity contribution in [3.8, 4) is 0 Å². The smallest absolute Gasteiger partial charge is 0.0486 e. The summed E-state index contributed by atoms with van der Waals surface area (Å²) in [5, 5.41) is 8.69. The molecule has 0 fully saturated rings. The molecule has 1 heterocycles. The molecule has 0 aromatic carbocycles. The van der Waals surface area contributed by atoms with E-state index in [2.05, 4.69) is 11.6 Å². The van der Waals surface area contributed by atoms with E-state index in [9.17, 15) is 0 Å². The lowest BCUT2D eigenvalue weighted by Gasteiger charge is -2.01. The molecule has 1 aromatic heterocycles. The second-order valence-corrected chi connectivity index (χ2v) is 2.79. The van der Waals surface area contributed by atoms with E-state index in [4.69, 9.17) is 5.11 Å². The standard InChI is InChI=1S/C10H13NO/c1-8(2)9-3-5-11-10(7-9)4-6-12/h3,5,7,12H,1,4,6H2,2H3. The number of hydrogen-bond acceptors (Lipinski definition) is 2. The van der Waals surface area contributed by atoms with Crippen molar-refractivity contribution in [1.82, 2.24) is 4.98 Å². The Kier molecular flexibility index (Phi) is 3.00. The van der Waals surface area contributed by atoms with E-state index in [1.165, 1.54) is 0 Å². The number of aliphatic hydroxyl groups excluding tert-OH is 1. The van der Waals surface area contributed by atoms with E-state index in [1.807, 2.05) is 19.1 Å². The Hall–Kier alpha value is -1.15. The van der Waals surface area contributed by atoms with Gasteiger partial charge in [0.05, 0.1) is 0 Å². The number of allylic oxidation sites excluding steroid dienone is 1. The molecule has 0 bridgehead atoms. The highest BCUT2D eigenvalue weighted by molar-refractivity contribution is 5.60. The van der Waals surface area contributed by atoms with Gasteiger partial charge < -0.3 is 5.11 Å². The van der Waals surface area contributed by atoms with Crippen LogP contribution in [-0.2, 0) is 6.42 Å². The molecule has 0 aliphatic rings. The van der Waals surface area contributed by atoms with Crippen LogP contribution in [0.1, 0.15) is 18.2 Å². The Labute approximate surface area is 72.6 Å². The summed E-state index contributed by atoms with van der Waals surface area (Å²) in [4.78, 5) is 4.11. The van der Waals surface area contributed by atoms with Crippen molar-refractivity contribution in [3.05, 3.63) is 36.2 Å². The molecule has 0 spiro atoms. The summed E-state index contributed by atoms with van der Waals surface area (Å²) in [6.45, 7) is 5.94. The lowest BCUT2D eigenvalue weighted by Crippen LogP contribution is -1.94. The van der Waals surface area contributed by atoms with Crippen LogP contribution in [0.3, 0.4) is 0 Å². The molecule has 0 saturated heterocycles. The fourth-order valence-corrected chi connectivity index (χ4v) is 0.995. The van der Waals surface area contributed by atoms with Crippen molar-refractivity contribution in [3.63, 3.8) is 0 Å². The first-order valence-electron chi connectivity index (χ1n) is 3.95. The summed E-state index contributed by atoms with van der Waals surface area (Å²) in [5.41, 5.74) is 3.03. The van der Waals surface area contributed by atoms with Crippen LogP contribution in [0.25, 0.3) is 5.57 Å². The quantitative estimate of drug-likeness (QED) is 0.735. The summed E-state index contributed by atoms with van der Waals surface area (Å²) in [6, 6.07) is 3.88. The van der Waals surface area contributed by atoms with Gasteiger partial charge in [0.1, 0.15) is 0 Å². The summed E-state index contributed by atoms with van der Waals surface area (Å²) >= 11 is 0. The van der Waals surface area contributed by atoms with Crippen LogP contribution >= 0.6 is 0 Å². The fraction of sp³-hybridized carbons (Fsp3) is 0.300. The molecule has 0 radical (unpaired) electrons. The van der Waals surface area contributed by atoms with Crippen LogP contribution in [0.2, 0.25) is 0 Å². The summed E-state index contributed by atoms with van der Waals surface area (Å²) in [6.07, 6.45) is 2.36. The van der Waals surface area contributed by atoms with Gasteiger partial charge in [-0.15, -0.1) is 0 Å². The molecule has 0 atom stereocenters. The van der Waals surface area contributed by atoms with Gasteiger partial charge in [-0.1, -0.05) is 12.2 Å². The molecule has 64 valence electrons. The van der Waals surface area contributed by atoms with Crippen molar-refractivity contribution < 1.29 is 5.11 Å². The molecule has 0 aliphatic carbocycles. The summed E-state index contributed by atoms with van der Waals surface area (Å²) < 4.78 is 0. The molecule has 1 aromatic rings. The molecule has 2 heteroatoms. The minimum absolute atomic E-state index is 0.145. The Morgan fingerprint density at radius 2 is 2.42 bits per heavy atom. The maximum absolute atomic E-state index is 8.69. The second-order valence-electron chi connectivity index (χ2n) is 2.79. The monoisotopic (exact) mass is 163 g/mol. The van der Waals surface area contributed by atoms with Crippen LogP contribution in [0.4, 0.5) is 0 Å². The van der Waals surface area contributed by atoms with Crippen molar-refractivity contribution in [2.24, 2.45) is 0 Å². The molecular weight excluding hydrogens is 150 g/mol. The molecule has 1 N–H and O–H groups in total. The van der Waals surface area contributed by atoms with Gasteiger partial charge >= 0.3 is 0 Å². The number of hydrogen-bond donors (Lipinski definition) is 1. The minimum Gasteiger partial charge on any atom is -0.396 e. The summed E-state index contributed by atoms with van der Waals surface area (Å²) in [5.74, 6) is 0. The van der Waals surface area contributed by atoms with Gasteiger partial charge in [0, 0.05) is 24.9 Å². The SMILES string of the molecule is C=C(C)c1ccnc(CCO)c1. The van der Waals surface area contributed by atoms with Gasteiger partial charge in [0.25, 0.3) is 0 Å². The first kappa shape index (κ1) is 8.94. The maximum Gasteiger partial charge on any atom is 0.0486 e. The van der Waals surface area contributed by atoms with Crippen LogP contribution in [0, 0.1) is 0 Å². The minimum atomic E-state index is 0.145.